The van der Waals surface area contributed by atoms with Crippen LogP contribution in [0.1, 0.15) is 36.7 Å². The van der Waals surface area contributed by atoms with Crippen LogP contribution in [0.5, 0.6) is 0 Å². The van der Waals surface area contributed by atoms with Crippen LogP contribution >= 0.6 is 23.2 Å². The average molecular weight is 453 g/mol. The second kappa shape index (κ2) is 8.08. The third kappa shape index (κ3) is 4.46. The lowest BCUT2D eigenvalue weighted by atomic mass is 9.86. The van der Waals surface area contributed by atoms with Crippen LogP contribution in [0.2, 0.25) is 10.0 Å². The molecule has 0 fully saturated rings. The summed E-state index contributed by atoms with van der Waals surface area (Å²) in [5.41, 5.74) is 2.82. The summed E-state index contributed by atoms with van der Waals surface area (Å²) >= 11 is 12.4. The molecular weight excluding hydrogens is 433 g/mol. The van der Waals surface area contributed by atoms with Gasteiger partial charge in [-0.25, -0.2) is 0 Å². The summed E-state index contributed by atoms with van der Waals surface area (Å²) < 4.78 is 1.88. The number of fused-ring (bicyclic) bond motifs is 1. The van der Waals surface area contributed by atoms with E-state index in [9.17, 15) is 4.79 Å². The van der Waals surface area contributed by atoms with E-state index in [-0.39, 0.29) is 34.7 Å². The molecule has 3 aromatic rings. The third-order valence-corrected chi connectivity index (χ3v) is 4.88. The number of aromatic nitrogens is 1. The van der Waals surface area contributed by atoms with Crippen LogP contribution < -0.4 is 21.5 Å². The Hall–Kier alpha value is -1.42. The second-order valence-corrected chi connectivity index (χ2v) is 8.05. The molecule has 0 saturated heterocycles. The number of halogens is 3. The maximum absolute atomic E-state index is 12.7. The van der Waals surface area contributed by atoms with Crippen molar-refractivity contribution < 1.29 is 26.3 Å². The summed E-state index contributed by atoms with van der Waals surface area (Å²) in [6, 6.07) is 15.1. The van der Waals surface area contributed by atoms with Gasteiger partial charge in [-0.05, 0) is 23.1 Å². The molecule has 0 N–H and O–H groups in total. The number of hydrogen-bond acceptors (Lipinski definition) is 1. The van der Waals surface area contributed by atoms with Gasteiger partial charge >= 0.3 is 0 Å². The molecule has 0 amide bonds. The van der Waals surface area contributed by atoms with Crippen molar-refractivity contribution in [1.29, 1.82) is 0 Å². The zero-order valence-electron chi connectivity index (χ0n) is 14.9. The second-order valence-electron chi connectivity index (χ2n) is 7.20. The zero-order valence-corrected chi connectivity index (χ0v) is 18.0. The Morgan fingerprint density at radius 1 is 1.00 bits per heavy atom. The van der Waals surface area contributed by atoms with Gasteiger partial charge in [0, 0.05) is 22.7 Å². The minimum absolute atomic E-state index is 0. The van der Waals surface area contributed by atoms with Gasteiger partial charge in [0.2, 0.25) is 17.8 Å². The first-order valence-electron chi connectivity index (χ1n) is 8.17. The standard InChI is InChI=1S/C21H20Cl2NO.BrH/c1-21(2,3)15-6-4-14(5-7-15)20(25)13-24-11-10-18(23)17-9-8-16(22)12-19(17)24;/h4-12H,13H2,1-3H3;1H/q+1;/p-1. The first-order chi connectivity index (χ1) is 11.8. The van der Waals surface area contributed by atoms with Gasteiger partial charge in [0.15, 0.2) is 6.20 Å². The van der Waals surface area contributed by atoms with E-state index in [1.165, 1.54) is 5.56 Å². The Morgan fingerprint density at radius 2 is 1.65 bits per heavy atom. The molecule has 1 aromatic heterocycles. The molecule has 0 aliphatic heterocycles. The van der Waals surface area contributed by atoms with E-state index in [1.54, 1.807) is 12.1 Å². The molecule has 5 heteroatoms. The number of ketones is 1. The number of nitrogens with zero attached hydrogens (tertiary/aromatic N) is 1. The number of hydrogen-bond donors (Lipinski definition) is 0. The minimum Gasteiger partial charge on any atom is -1.00 e. The molecule has 0 spiro atoms. The predicted octanol–water partition coefficient (Wildman–Crippen LogP) is 2.62. The van der Waals surface area contributed by atoms with Crippen molar-refractivity contribution in [1.82, 2.24) is 0 Å². The van der Waals surface area contributed by atoms with Crippen molar-refractivity contribution in [3.8, 4) is 0 Å². The molecule has 26 heavy (non-hydrogen) atoms. The molecule has 3 rings (SSSR count). The highest BCUT2D eigenvalue weighted by Gasteiger charge is 2.19. The van der Waals surface area contributed by atoms with Crippen molar-refractivity contribution in [2.24, 2.45) is 0 Å². The van der Waals surface area contributed by atoms with Crippen LogP contribution in [0.15, 0.2) is 54.7 Å². The van der Waals surface area contributed by atoms with Crippen LogP contribution in [0.4, 0.5) is 0 Å². The molecule has 0 saturated carbocycles. The van der Waals surface area contributed by atoms with E-state index >= 15 is 0 Å². The molecule has 2 nitrogen and oxygen atoms in total. The van der Waals surface area contributed by atoms with Crippen molar-refractivity contribution >= 4 is 39.9 Å². The lowest BCUT2D eigenvalue weighted by Gasteiger charge is -2.18. The summed E-state index contributed by atoms with van der Waals surface area (Å²) in [6.07, 6.45) is 1.82. The lowest BCUT2D eigenvalue weighted by molar-refractivity contribution is -0.657. The molecule has 0 bridgehead atoms. The Bertz CT molecular complexity index is 947. The smallest absolute Gasteiger partial charge is 0.227 e. The van der Waals surface area contributed by atoms with Crippen LogP contribution in [-0.2, 0) is 12.0 Å². The lowest BCUT2D eigenvalue weighted by Crippen LogP contribution is -3.00. The van der Waals surface area contributed by atoms with Gasteiger partial charge in [-0.2, -0.15) is 4.57 Å². The molecule has 2 aromatic carbocycles. The van der Waals surface area contributed by atoms with Gasteiger partial charge in [-0.1, -0.05) is 68.2 Å². The molecular formula is C21H20BrCl2NO. The monoisotopic (exact) mass is 451 g/mol. The Labute approximate surface area is 174 Å². The molecule has 0 radical (unpaired) electrons. The van der Waals surface area contributed by atoms with E-state index in [1.807, 2.05) is 47.2 Å². The highest BCUT2D eigenvalue weighted by molar-refractivity contribution is 6.35. The number of carbonyl (C=O) groups excluding carboxylic acids is 1. The van der Waals surface area contributed by atoms with Gasteiger partial charge in [0.25, 0.3) is 0 Å². The number of benzene rings is 2. The summed E-state index contributed by atoms with van der Waals surface area (Å²) in [7, 11) is 0. The van der Waals surface area contributed by atoms with Gasteiger partial charge in [-0.15, -0.1) is 0 Å². The topological polar surface area (TPSA) is 20.9 Å². The highest BCUT2D eigenvalue weighted by atomic mass is 79.9. The third-order valence-electron chi connectivity index (χ3n) is 4.31. The van der Waals surface area contributed by atoms with Crippen molar-refractivity contribution in [2.75, 3.05) is 0 Å². The van der Waals surface area contributed by atoms with E-state index in [4.69, 9.17) is 23.2 Å². The zero-order chi connectivity index (χ0) is 18.2. The fourth-order valence-corrected chi connectivity index (χ4v) is 3.19. The van der Waals surface area contributed by atoms with Crippen LogP contribution in [0, 0.1) is 0 Å². The molecule has 0 unspecified atom stereocenters. The van der Waals surface area contributed by atoms with Gasteiger partial charge in [0.1, 0.15) is 0 Å². The highest BCUT2D eigenvalue weighted by Crippen LogP contribution is 2.24. The number of carbonyl (C=O) groups is 1. The van der Waals surface area contributed by atoms with Crippen molar-refractivity contribution in [3.05, 3.63) is 75.9 Å². The molecule has 136 valence electrons. The predicted molar refractivity (Wildman–Crippen MR) is 104 cm³/mol. The van der Waals surface area contributed by atoms with Gasteiger partial charge in [-0.3, -0.25) is 4.79 Å². The Morgan fingerprint density at radius 3 is 2.27 bits per heavy atom. The fourth-order valence-electron chi connectivity index (χ4n) is 2.81. The first kappa shape index (κ1) is 20.9. The van der Waals surface area contributed by atoms with Crippen LogP contribution in [0.3, 0.4) is 0 Å². The maximum atomic E-state index is 12.7. The average Bonchev–Trinajstić information content (AvgIpc) is 2.56. The molecule has 1 heterocycles. The summed E-state index contributed by atoms with van der Waals surface area (Å²) in [5, 5.41) is 2.14. The van der Waals surface area contributed by atoms with Crippen LogP contribution in [0.25, 0.3) is 10.9 Å². The largest absolute Gasteiger partial charge is 1.00 e. The summed E-state index contributed by atoms with van der Waals surface area (Å²) in [6.45, 7) is 6.71. The van der Waals surface area contributed by atoms with E-state index in [2.05, 4.69) is 20.8 Å². The fraction of sp³-hybridized carbons (Fsp3) is 0.238. The number of rotatable bonds is 3. The quantitative estimate of drug-likeness (QED) is 0.442. The van der Waals surface area contributed by atoms with E-state index in [0.717, 1.165) is 10.9 Å². The van der Waals surface area contributed by atoms with Crippen LogP contribution in [-0.4, -0.2) is 5.78 Å². The van der Waals surface area contributed by atoms with Crippen molar-refractivity contribution in [2.45, 2.75) is 32.7 Å². The van der Waals surface area contributed by atoms with Crippen molar-refractivity contribution in [3.63, 3.8) is 0 Å². The first-order valence-corrected chi connectivity index (χ1v) is 8.92. The maximum Gasteiger partial charge on any atom is 0.227 e. The van der Waals surface area contributed by atoms with E-state index in [0.29, 0.717) is 15.6 Å². The normalized spacial score (nSPS) is 11.3. The minimum atomic E-state index is 0. The number of pyridine rings is 1. The molecule has 0 aliphatic carbocycles. The van der Waals surface area contributed by atoms with E-state index < -0.39 is 0 Å². The SMILES string of the molecule is CC(C)(C)c1ccc(C(=O)C[n+]2ccc(Cl)c3ccc(Cl)cc32)cc1.[Br-]. The van der Waals surface area contributed by atoms with Gasteiger partial charge in [0.05, 0.1) is 10.4 Å². The molecule has 0 atom stereocenters. The molecule has 0 aliphatic rings. The number of Topliss-reactive ketones (excluding diaryl/α,β-unsaturated/α-hetero) is 1. The Kier molecular flexibility index (Phi) is 6.49. The summed E-state index contributed by atoms with van der Waals surface area (Å²) in [4.78, 5) is 12.7. The Balaban J connectivity index is 0.00000243. The van der Waals surface area contributed by atoms with Gasteiger partial charge < -0.3 is 17.0 Å². The summed E-state index contributed by atoms with van der Waals surface area (Å²) in [5.74, 6) is 0.0501.